The fraction of sp³-hybridized carbons (Fsp3) is 0.550. The predicted molar refractivity (Wildman–Crippen MR) is 108 cm³/mol. The molecule has 0 unspecified atom stereocenters. The predicted octanol–water partition coefficient (Wildman–Crippen LogP) is 2.67. The highest BCUT2D eigenvalue weighted by molar-refractivity contribution is 7.98. The number of rotatable bonds is 6. The highest BCUT2D eigenvalue weighted by atomic mass is 32.2. The van der Waals surface area contributed by atoms with E-state index >= 15 is 0 Å². The van der Waals surface area contributed by atoms with Gasteiger partial charge >= 0.3 is 12.1 Å². The van der Waals surface area contributed by atoms with Gasteiger partial charge in [-0.3, -0.25) is 9.69 Å². The van der Waals surface area contributed by atoms with Crippen molar-refractivity contribution in [1.29, 1.82) is 0 Å². The summed E-state index contributed by atoms with van der Waals surface area (Å²) in [7, 11) is 0. The summed E-state index contributed by atoms with van der Waals surface area (Å²) in [5.41, 5.74) is 1.23. The molecule has 2 rings (SSSR count). The minimum absolute atomic E-state index is 0.242. The zero-order valence-electron chi connectivity index (χ0n) is 16.7. The van der Waals surface area contributed by atoms with Crippen LogP contribution < -0.4 is 5.32 Å². The van der Waals surface area contributed by atoms with E-state index in [2.05, 4.69) is 5.32 Å². The first-order valence-corrected chi connectivity index (χ1v) is 10.6. The minimum atomic E-state index is -1.08. The number of aliphatic carboxylic acids is 1. The molecule has 0 aliphatic carbocycles. The Bertz CT molecular complexity index is 732. The van der Waals surface area contributed by atoms with E-state index in [0.717, 1.165) is 11.1 Å². The van der Waals surface area contributed by atoms with Crippen molar-refractivity contribution in [3.63, 3.8) is 0 Å². The van der Waals surface area contributed by atoms with Gasteiger partial charge in [-0.2, -0.15) is 11.8 Å². The molecule has 2 atom stereocenters. The van der Waals surface area contributed by atoms with Crippen LogP contribution in [0.25, 0.3) is 0 Å². The van der Waals surface area contributed by atoms with Crippen LogP contribution in [0.15, 0.2) is 24.3 Å². The largest absolute Gasteiger partial charge is 0.480 e. The van der Waals surface area contributed by atoms with Crippen LogP contribution in [0.5, 0.6) is 0 Å². The molecule has 1 aromatic rings. The van der Waals surface area contributed by atoms with Crippen LogP contribution in [-0.2, 0) is 27.3 Å². The van der Waals surface area contributed by atoms with E-state index < -0.39 is 35.7 Å². The lowest BCUT2D eigenvalue weighted by Gasteiger charge is -2.37. The molecule has 1 aliphatic rings. The molecular weight excluding hydrogens is 380 g/mol. The van der Waals surface area contributed by atoms with Gasteiger partial charge in [-0.15, -0.1) is 0 Å². The van der Waals surface area contributed by atoms with Crippen molar-refractivity contribution in [2.75, 3.05) is 12.0 Å². The topological polar surface area (TPSA) is 95.9 Å². The third kappa shape index (κ3) is 5.89. The summed E-state index contributed by atoms with van der Waals surface area (Å²) >= 11 is 1.51. The first-order chi connectivity index (χ1) is 13.1. The van der Waals surface area contributed by atoms with Crippen molar-refractivity contribution in [2.45, 2.75) is 57.8 Å². The van der Waals surface area contributed by atoms with Gasteiger partial charge in [0.1, 0.15) is 17.7 Å². The number of amides is 2. The number of hydrogen-bond acceptors (Lipinski definition) is 5. The van der Waals surface area contributed by atoms with Gasteiger partial charge in [-0.05, 0) is 50.3 Å². The average molecular weight is 409 g/mol. The van der Waals surface area contributed by atoms with E-state index in [1.54, 1.807) is 20.8 Å². The van der Waals surface area contributed by atoms with Crippen LogP contribution in [0.3, 0.4) is 0 Å². The molecule has 7 nitrogen and oxygen atoms in total. The highest BCUT2D eigenvalue weighted by Crippen LogP contribution is 2.25. The summed E-state index contributed by atoms with van der Waals surface area (Å²) in [4.78, 5) is 38.6. The second kappa shape index (κ2) is 9.32. The number of fused-ring (bicyclic) bond motifs is 1. The molecule has 1 aromatic carbocycles. The first kappa shape index (κ1) is 22.1. The molecule has 0 spiro atoms. The third-order valence-corrected chi connectivity index (χ3v) is 5.05. The zero-order chi connectivity index (χ0) is 20.9. The second-order valence-corrected chi connectivity index (χ2v) is 8.76. The second-order valence-electron chi connectivity index (χ2n) is 7.78. The maximum atomic E-state index is 12.9. The molecule has 8 heteroatoms. The molecule has 0 aromatic heterocycles. The molecule has 0 saturated carbocycles. The van der Waals surface area contributed by atoms with Gasteiger partial charge < -0.3 is 15.2 Å². The van der Waals surface area contributed by atoms with E-state index in [4.69, 9.17) is 4.74 Å². The van der Waals surface area contributed by atoms with Crippen molar-refractivity contribution < 1.29 is 24.2 Å². The summed E-state index contributed by atoms with van der Waals surface area (Å²) in [5, 5.41) is 12.0. The average Bonchev–Trinajstić information content (AvgIpc) is 2.62. The number of carboxylic acid groups (broad SMARTS) is 1. The first-order valence-electron chi connectivity index (χ1n) is 9.21. The molecule has 154 valence electrons. The van der Waals surface area contributed by atoms with Gasteiger partial charge in [0.25, 0.3) is 0 Å². The Hall–Kier alpha value is -2.22. The van der Waals surface area contributed by atoms with Crippen LogP contribution in [0.1, 0.15) is 38.3 Å². The number of hydrogen-bond donors (Lipinski definition) is 2. The van der Waals surface area contributed by atoms with Crippen LogP contribution in [0.4, 0.5) is 4.79 Å². The van der Waals surface area contributed by atoms with Crippen LogP contribution in [0, 0.1) is 0 Å². The fourth-order valence-electron chi connectivity index (χ4n) is 3.03. The number of nitrogens with zero attached hydrogens (tertiary/aromatic N) is 1. The Morgan fingerprint density at radius 2 is 1.93 bits per heavy atom. The van der Waals surface area contributed by atoms with Crippen molar-refractivity contribution in [3.05, 3.63) is 35.4 Å². The van der Waals surface area contributed by atoms with Crippen molar-refractivity contribution in [3.8, 4) is 0 Å². The Kier molecular flexibility index (Phi) is 7.35. The lowest BCUT2D eigenvalue weighted by Crippen LogP contribution is -2.56. The maximum Gasteiger partial charge on any atom is 0.411 e. The lowest BCUT2D eigenvalue weighted by atomic mass is 9.93. The van der Waals surface area contributed by atoms with Crippen LogP contribution in [0.2, 0.25) is 0 Å². The van der Waals surface area contributed by atoms with Gasteiger partial charge in [0.2, 0.25) is 5.91 Å². The van der Waals surface area contributed by atoms with Gasteiger partial charge in [0.15, 0.2) is 0 Å². The van der Waals surface area contributed by atoms with E-state index in [1.165, 1.54) is 16.7 Å². The number of ether oxygens (including phenoxy) is 1. The number of carbonyl (C=O) groups is 3. The third-order valence-electron chi connectivity index (χ3n) is 4.40. The van der Waals surface area contributed by atoms with E-state index in [9.17, 15) is 19.5 Å². The normalized spacial score (nSPS) is 17.4. The Morgan fingerprint density at radius 1 is 1.29 bits per heavy atom. The highest BCUT2D eigenvalue weighted by Gasteiger charge is 2.38. The van der Waals surface area contributed by atoms with Gasteiger partial charge in [0, 0.05) is 6.42 Å². The number of nitrogens with one attached hydrogen (secondary N) is 1. The van der Waals surface area contributed by atoms with Crippen molar-refractivity contribution in [1.82, 2.24) is 10.2 Å². The molecule has 1 heterocycles. The van der Waals surface area contributed by atoms with E-state index in [-0.39, 0.29) is 6.54 Å². The van der Waals surface area contributed by atoms with Gasteiger partial charge in [-0.1, -0.05) is 24.3 Å². The summed E-state index contributed by atoms with van der Waals surface area (Å²) in [6.45, 7) is 5.54. The molecule has 1 aliphatic heterocycles. The Labute approximate surface area is 169 Å². The summed E-state index contributed by atoms with van der Waals surface area (Å²) in [6, 6.07) is 5.80. The molecule has 2 N–H and O–H groups in total. The minimum Gasteiger partial charge on any atom is -0.480 e. The van der Waals surface area contributed by atoms with Crippen LogP contribution >= 0.6 is 11.8 Å². The zero-order valence-corrected chi connectivity index (χ0v) is 17.5. The van der Waals surface area contributed by atoms with Crippen molar-refractivity contribution >= 4 is 29.7 Å². The Balaban J connectivity index is 2.24. The number of carboxylic acids is 1. The SMILES string of the molecule is CSCC[C@H](NC(=O)[C@H]1Cc2ccccc2CN1C(=O)OC(C)(C)C)C(=O)O. The van der Waals surface area contributed by atoms with Crippen molar-refractivity contribution in [2.24, 2.45) is 0 Å². The molecule has 28 heavy (non-hydrogen) atoms. The quantitative estimate of drug-likeness (QED) is 0.751. The molecule has 0 fully saturated rings. The summed E-state index contributed by atoms with van der Waals surface area (Å²) in [6.07, 6.45) is 1.93. The lowest BCUT2D eigenvalue weighted by molar-refractivity contribution is -0.142. The monoisotopic (exact) mass is 408 g/mol. The fourth-order valence-corrected chi connectivity index (χ4v) is 3.50. The standard InChI is InChI=1S/C20H28N2O5S/c1-20(2,3)27-19(26)22-12-14-8-6-5-7-13(14)11-16(22)17(23)21-15(18(24)25)9-10-28-4/h5-8,15-16H,9-12H2,1-4H3,(H,21,23)(H,24,25)/t15-,16+/m0/s1. The summed E-state index contributed by atoms with van der Waals surface area (Å²) < 4.78 is 5.48. The molecule has 0 bridgehead atoms. The Morgan fingerprint density at radius 3 is 2.50 bits per heavy atom. The molecular formula is C20H28N2O5S. The smallest absolute Gasteiger partial charge is 0.411 e. The summed E-state index contributed by atoms with van der Waals surface area (Å²) in [5.74, 6) is -0.947. The molecule has 0 saturated heterocycles. The number of thioether (sulfide) groups is 1. The number of carbonyl (C=O) groups excluding carboxylic acids is 2. The van der Waals surface area contributed by atoms with Crippen LogP contribution in [-0.4, -0.2) is 57.7 Å². The van der Waals surface area contributed by atoms with Gasteiger partial charge in [0.05, 0.1) is 6.54 Å². The molecule has 0 radical (unpaired) electrons. The molecule has 2 amide bonds. The van der Waals surface area contributed by atoms with E-state index in [0.29, 0.717) is 18.6 Å². The van der Waals surface area contributed by atoms with Gasteiger partial charge in [-0.25, -0.2) is 9.59 Å². The maximum absolute atomic E-state index is 12.9. The van der Waals surface area contributed by atoms with E-state index in [1.807, 2.05) is 30.5 Å². The number of benzene rings is 1.